The molecule has 7 nitrogen and oxygen atoms in total. The van der Waals surface area contributed by atoms with Crippen LogP contribution in [0.15, 0.2) is 18.6 Å². The van der Waals surface area contributed by atoms with Gasteiger partial charge in [-0.15, -0.1) is 0 Å². The molecule has 0 radical (unpaired) electrons. The largest absolute Gasteiger partial charge is 0.361 e. The second kappa shape index (κ2) is 5.16. The molecule has 1 N–H and O–H groups in total. The van der Waals surface area contributed by atoms with Gasteiger partial charge in [-0.2, -0.15) is 10.2 Å². The van der Waals surface area contributed by atoms with Gasteiger partial charge in [0.25, 0.3) is 0 Å². The van der Waals surface area contributed by atoms with Crippen LogP contribution in [0.2, 0.25) is 0 Å². The Morgan fingerprint density at radius 2 is 2.05 bits per heavy atom. The van der Waals surface area contributed by atoms with Crippen LogP contribution in [0.3, 0.4) is 0 Å². The topological polar surface area (TPSA) is 73.5 Å². The van der Waals surface area contributed by atoms with E-state index in [9.17, 15) is 0 Å². The second-order valence-electron chi connectivity index (χ2n) is 5.11. The summed E-state index contributed by atoms with van der Waals surface area (Å²) in [5.41, 5.74) is 2.89. The molecule has 0 aliphatic rings. The molecular formula is C14H19N7. The minimum atomic E-state index is 0.148. The number of anilines is 1. The zero-order chi connectivity index (χ0) is 15.0. The molecule has 0 fully saturated rings. The molecule has 3 aromatic heterocycles. The molecule has 0 spiro atoms. The zero-order valence-corrected chi connectivity index (χ0v) is 12.7. The molecule has 0 bridgehead atoms. The normalized spacial score (nSPS) is 12.8. The summed E-state index contributed by atoms with van der Waals surface area (Å²) in [4.78, 5) is 8.71. The highest BCUT2D eigenvalue weighted by Gasteiger charge is 2.17. The lowest BCUT2D eigenvalue weighted by atomic mass is 10.1. The number of hydrogen-bond acceptors (Lipinski definition) is 5. The van der Waals surface area contributed by atoms with Crippen molar-refractivity contribution < 1.29 is 0 Å². The molecule has 0 saturated heterocycles. The first kappa shape index (κ1) is 13.5. The van der Waals surface area contributed by atoms with E-state index in [0.717, 1.165) is 34.7 Å². The van der Waals surface area contributed by atoms with Crippen molar-refractivity contribution >= 4 is 16.9 Å². The van der Waals surface area contributed by atoms with Gasteiger partial charge in [0.1, 0.15) is 12.1 Å². The molecular weight excluding hydrogens is 266 g/mol. The lowest BCUT2D eigenvalue weighted by molar-refractivity contribution is 0.632. The molecule has 0 amide bonds. The molecule has 21 heavy (non-hydrogen) atoms. The lowest BCUT2D eigenvalue weighted by Crippen LogP contribution is -2.15. The van der Waals surface area contributed by atoms with E-state index in [1.807, 2.05) is 38.0 Å². The van der Waals surface area contributed by atoms with Crippen molar-refractivity contribution in [1.82, 2.24) is 29.5 Å². The van der Waals surface area contributed by atoms with Crippen LogP contribution >= 0.6 is 0 Å². The second-order valence-corrected chi connectivity index (χ2v) is 5.11. The maximum atomic E-state index is 4.42. The minimum Gasteiger partial charge on any atom is -0.361 e. The van der Waals surface area contributed by atoms with E-state index >= 15 is 0 Å². The van der Waals surface area contributed by atoms with Crippen LogP contribution < -0.4 is 5.32 Å². The maximum Gasteiger partial charge on any atom is 0.163 e. The van der Waals surface area contributed by atoms with Gasteiger partial charge in [-0.1, -0.05) is 6.92 Å². The number of aromatic nitrogens is 6. The Labute approximate surface area is 123 Å². The Hall–Kier alpha value is -2.44. The highest BCUT2D eigenvalue weighted by atomic mass is 15.3. The summed E-state index contributed by atoms with van der Waals surface area (Å²) in [6.07, 6.45) is 4.32. The molecule has 0 saturated carbocycles. The van der Waals surface area contributed by atoms with E-state index in [0.29, 0.717) is 0 Å². The van der Waals surface area contributed by atoms with Crippen LogP contribution in [-0.2, 0) is 14.1 Å². The molecule has 0 aliphatic heterocycles. The zero-order valence-electron chi connectivity index (χ0n) is 12.7. The quantitative estimate of drug-likeness (QED) is 0.793. The molecule has 0 aromatic carbocycles. The standard InChI is InChI=1S/C14H19N7/c1-5-10(11-6-7-17-20(11)3)18-13-12-9(2)19-21(4)14(12)16-8-15-13/h6-8,10H,5H2,1-4H3,(H,15,16,18)/t10-/m1/s1. The third kappa shape index (κ3) is 2.24. The van der Waals surface area contributed by atoms with Gasteiger partial charge in [-0.25, -0.2) is 9.97 Å². The van der Waals surface area contributed by atoms with Crippen LogP contribution in [-0.4, -0.2) is 29.5 Å². The summed E-state index contributed by atoms with van der Waals surface area (Å²) >= 11 is 0. The Morgan fingerprint density at radius 1 is 1.24 bits per heavy atom. The summed E-state index contributed by atoms with van der Waals surface area (Å²) < 4.78 is 3.66. The van der Waals surface area contributed by atoms with Crippen LogP contribution in [0.1, 0.15) is 30.8 Å². The van der Waals surface area contributed by atoms with Crippen LogP contribution in [0.25, 0.3) is 11.0 Å². The van der Waals surface area contributed by atoms with E-state index in [1.54, 1.807) is 11.0 Å². The van der Waals surface area contributed by atoms with E-state index in [-0.39, 0.29) is 6.04 Å². The SMILES string of the molecule is CC[C@@H](Nc1ncnc2c1c(C)nn2C)c1ccnn1C. The average molecular weight is 285 g/mol. The summed E-state index contributed by atoms with van der Waals surface area (Å²) in [6.45, 7) is 4.11. The fourth-order valence-corrected chi connectivity index (χ4v) is 2.66. The molecule has 110 valence electrons. The number of nitrogens with one attached hydrogen (secondary N) is 1. The molecule has 3 aromatic rings. The Kier molecular flexibility index (Phi) is 3.32. The Morgan fingerprint density at radius 3 is 2.71 bits per heavy atom. The van der Waals surface area contributed by atoms with Crippen molar-refractivity contribution in [2.75, 3.05) is 5.32 Å². The molecule has 3 heterocycles. The monoisotopic (exact) mass is 285 g/mol. The average Bonchev–Trinajstić information content (AvgIpc) is 3.01. The third-order valence-electron chi connectivity index (χ3n) is 3.73. The Balaban J connectivity index is 2.03. The fraction of sp³-hybridized carbons (Fsp3) is 0.429. The van der Waals surface area contributed by atoms with Crippen LogP contribution in [0, 0.1) is 6.92 Å². The van der Waals surface area contributed by atoms with E-state index in [2.05, 4.69) is 32.4 Å². The van der Waals surface area contributed by atoms with Crippen molar-refractivity contribution in [2.45, 2.75) is 26.3 Å². The fourth-order valence-electron chi connectivity index (χ4n) is 2.66. The first-order chi connectivity index (χ1) is 10.1. The van der Waals surface area contributed by atoms with E-state index in [1.165, 1.54) is 0 Å². The number of fused-ring (bicyclic) bond motifs is 1. The molecule has 3 rings (SSSR count). The van der Waals surface area contributed by atoms with Gasteiger partial charge in [0.15, 0.2) is 5.65 Å². The first-order valence-corrected chi connectivity index (χ1v) is 7.00. The van der Waals surface area contributed by atoms with Gasteiger partial charge in [0.05, 0.1) is 22.8 Å². The number of hydrogen-bond donors (Lipinski definition) is 1. The number of nitrogens with zero attached hydrogens (tertiary/aromatic N) is 6. The summed E-state index contributed by atoms with van der Waals surface area (Å²) in [6, 6.07) is 2.17. The van der Waals surface area contributed by atoms with E-state index < -0.39 is 0 Å². The smallest absolute Gasteiger partial charge is 0.163 e. The van der Waals surface area contributed by atoms with Gasteiger partial charge < -0.3 is 5.32 Å². The van der Waals surface area contributed by atoms with Gasteiger partial charge in [-0.3, -0.25) is 9.36 Å². The maximum absolute atomic E-state index is 4.42. The van der Waals surface area contributed by atoms with Crippen molar-refractivity contribution in [3.8, 4) is 0 Å². The number of rotatable bonds is 4. The first-order valence-electron chi connectivity index (χ1n) is 7.00. The van der Waals surface area contributed by atoms with Gasteiger partial charge >= 0.3 is 0 Å². The molecule has 0 unspecified atom stereocenters. The molecule has 7 heteroatoms. The summed E-state index contributed by atoms with van der Waals surface area (Å²) in [5.74, 6) is 0.818. The Bertz CT molecular complexity index is 771. The predicted octanol–water partition coefficient (Wildman–Crippen LogP) is 1.97. The van der Waals surface area contributed by atoms with E-state index in [4.69, 9.17) is 0 Å². The van der Waals surface area contributed by atoms with Crippen molar-refractivity contribution in [2.24, 2.45) is 14.1 Å². The van der Waals surface area contributed by atoms with Gasteiger partial charge in [-0.05, 0) is 19.4 Å². The van der Waals surface area contributed by atoms with Crippen LogP contribution in [0.5, 0.6) is 0 Å². The van der Waals surface area contributed by atoms with Crippen molar-refractivity contribution in [1.29, 1.82) is 0 Å². The molecule has 1 atom stereocenters. The number of aryl methyl sites for hydroxylation is 3. The highest BCUT2D eigenvalue weighted by molar-refractivity contribution is 5.89. The van der Waals surface area contributed by atoms with Crippen molar-refractivity contribution in [3.05, 3.63) is 30.0 Å². The predicted molar refractivity (Wildman–Crippen MR) is 80.9 cm³/mol. The summed E-state index contributed by atoms with van der Waals surface area (Å²) in [5, 5.41) is 13.1. The third-order valence-corrected chi connectivity index (χ3v) is 3.73. The van der Waals surface area contributed by atoms with Gasteiger partial charge in [0.2, 0.25) is 0 Å². The lowest BCUT2D eigenvalue weighted by Gasteiger charge is -2.18. The van der Waals surface area contributed by atoms with Gasteiger partial charge in [0, 0.05) is 20.3 Å². The minimum absolute atomic E-state index is 0.148. The van der Waals surface area contributed by atoms with Crippen molar-refractivity contribution in [3.63, 3.8) is 0 Å². The molecule has 0 aliphatic carbocycles. The summed E-state index contributed by atoms with van der Waals surface area (Å²) in [7, 11) is 3.84. The van der Waals surface area contributed by atoms with Crippen LogP contribution in [0.4, 0.5) is 5.82 Å². The highest BCUT2D eigenvalue weighted by Crippen LogP contribution is 2.27.